The Kier molecular flexibility index (Phi) is 8.03. The number of hydrogen-bond acceptors (Lipinski definition) is 0. The van der Waals surface area contributed by atoms with Crippen LogP contribution in [0.25, 0.3) is 0 Å². The van der Waals surface area contributed by atoms with Gasteiger partial charge in [0.25, 0.3) is 0 Å². The van der Waals surface area contributed by atoms with Gasteiger partial charge in [0.05, 0.1) is 0 Å². The third-order valence-corrected chi connectivity index (χ3v) is 3.22. The van der Waals surface area contributed by atoms with Gasteiger partial charge < -0.3 is 0 Å². The summed E-state index contributed by atoms with van der Waals surface area (Å²) in [5, 5.41) is 0. The summed E-state index contributed by atoms with van der Waals surface area (Å²) in [4.78, 5) is 0. The maximum absolute atomic E-state index is 3.39. The summed E-state index contributed by atoms with van der Waals surface area (Å²) in [5.41, 5.74) is 8.17. The molecule has 0 N–H and O–H groups in total. The zero-order valence-corrected chi connectivity index (χ0v) is 13.8. The van der Waals surface area contributed by atoms with Gasteiger partial charge >= 0.3 is 0 Å². The van der Waals surface area contributed by atoms with E-state index in [1.807, 2.05) is 18.2 Å². The third kappa shape index (κ3) is 6.84. The second kappa shape index (κ2) is 9.87. The lowest BCUT2D eigenvalue weighted by molar-refractivity contribution is 0.794. The molecule has 0 spiro atoms. The van der Waals surface area contributed by atoms with Gasteiger partial charge in [-0.3, -0.25) is 0 Å². The highest BCUT2D eigenvalue weighted by Crippen LogP contribution is 2.16. The van der Waals surface area contributed by atoms with Crippen LogP contribution in [0.4, 0.5) is 0 Å². The molecule has 21 heavy (non-hydrogen) atoms. The molecular formula is C21H26. The molecule has 0 saturated heterocycles. The van der Waals surface area contributed by atoms with Gasteiger partial charge in [-0.05, 0) is 62.5 Å². The first-order chi connectivity index (χ1) is 10.2. The van der Waals surface area contributed by atoms with Crippen LogP contribution in [0.3, 0.4) is 0 Å². The molecule has 0 bridgehead atoms. The Hall–Kier alpha value is -1.96. The highest BCUT2D eigenvalue weighted by atomic mass is 14.0. The highest BCUT2D eigenvalue weighted by molar-refractivity contribution is 5.44. The molecule has 1 aromatic carbocycles. The van der Waals surface area contributed by atoms with E-state index in [0.29, 0.717) is 0 Å². The molecule has 0 aliphatic rings. The van der Waals surface area contributed by atoms with E-state index in [2.05, 4.69) is 63.5 Å². The van der Waals surface area contributed by atoms with Crippen LogP contribution in [0, 0.1) is 11.8 Å². The van der Waals surface area contributed by atoms with Crippen LogP contribution in [0.15, 0.2) is 58.9 Å². The predicted octanol–water partition coefficient (Wildman–Crippen LogP) is 6.06. The van der Waals surface area contributed by atoms with Crippen LogP contribution < -0.4 is 0 Å². The zero-order chi connectivity index (χ0) is 15.5. The van der Waals surface area contributed by atoms with Gasteiger partial charge in [0.2, 0.25) is 0 Å². The number of hydrogen-bond donors (Lipinski definition) is 0. The Labute approximate surface area is 130 Å². The van der Waals surface area contributed by atoms with Crippen molar-refractivity contribution in [1.82, 2.24) is 0 Å². The summed E-state index contributed by atoms with van der Waals surface area (Å²) < 4.78 is 0. The molecule has 0 nitrogen and oxygen atoms in total. The minimum atomic E-state index is 1.00. The van der Waals surface area contributed by atoms with E-state index in [0.717, 1.165) is 18.4 Å². The van der Waals surface area contributed by atoms with Gasteiger partial charge in [-0.25, -0.2) is 0 Å². The number of benzene rings is 1. The normalized spacial score (nSPS) is 10.9. The molecular weight excluding hydrogens is 252 g/mol. The molecule has 0 aliphatic carbocycles. The first kappa shape index (κ1) is 17.1. The lowest BCUT2D eigenvalue weighted by atomic mass is 10.00. The predicted molar refractivity (Wildman–Crippen MR) is 93.1 cm³/mol. The van der Waals surface area contributed by atoms with Gasteiger partial charge in [0.1, 0.15) is 0 Å². The lowest BCUT2D eigenvalue weighted by Crippen LogP contribution is -1.88. The Morgan fingerprint density at radius 1 is 1.10 bits per heavy atom. The monoisotopic (exact) mass is 278 g/mol. The zero-order valence-electron chi connectivity index (χ0n) is 13.8. The minimum absolute atomic E-state index is 1.00. The van der Waals surface area contributed by atoms with E-state index in [4.69, 9.17) is 0 Å². The maximum Gasteiger partial charge on any atom is 0.0248 e. The van der Waals surface area contributed by atoms with Crippen LogP contribution in [-0.2, 0) is 0 Å². The quantitative estimate of drug-likeness (QED) is 0.349. The van der Waals surface area contributed by atoms with Crippen molar-refractivity contribution in [1.29, 1.82) is 0 Å². The van der Waals surface area contributed by atoms with Crippen molar-refractivity contribution >= 4 is 0 Å². The largest absolute Gasteiger partial charge is 0.122 e. The fourth-order valence-corrected chi connectivity index (χ4v) is 1.96. The Balaban J connectivity index is 3.15. The fourth-order valence-electron chi connectivity index (χ4n) is 1.96. The molecule has 0 unspecified atom stereocenters. The van der Waals surface area contributed by atoms with Crippen LogP contribution in [0.2, 0.25) is 0 Å². The second-order valence-electron chi connectivity index (χ2n) is 5.37. The molecule has 0 atom stereocenters. The first-order valence-electron chi connectivity index (χ1n) is 7.86. The fraction of sp³-hybridized carbons (Fsp3) is 0.381. The van der Waals surface area contributed by atoms with E-state index < -0.39 is 0 Å². The smallest absolute Gasteiger partial charge is 0.0248 e. The summed E-state index contributed by atoms with van der Waals surface area (Å²) in [6, 6.07) is 10.2. The van der Waals surface area contributed by atoms with E-state index in [-0.39, 0.29) is 0 Å². The van der Waals surface area contributed by atoms with Crippen molar-refractivity contribution in [3.05, 3.63) is 64.4 Å². The molecule has 0 heterocycles. The molecule has 0 aliphatic heterocycles. The Morgan fingerprint density at radius 2 is 1.81 bits per heavy atom. The van der Waals surface area contributed by atoms with Gasteiger partial charge in [-0.2, -0.15) is 0 Å². The van der Waals surface area contributed by atoms with E-state index in [9.17, 15) is 0 Å². The molecule has 0 amide bonds. The molecule has 0 heteroatoms. The van der Waals surface area contributed by atoms with E-state index in [1.165, 1.54) is 29.6 Å². The average Bonchev–Trinajstić information content (AvgIpc) is 2.50. The summed E-state index contributed by atoms with van der Waals surface area (Å²) in [5.74, 6) is 6.69. The Bertz CT molecular complexity index is 578. The summed E-state index contributed by atoms with van der Waals surface area (Å²) in [7, 11) is 0. The van der Waals surface area contributed by atoms with Crippen LogP contribution in [-0.4, -0.2) is 0 Å². The standard InChI is InChI=1S/C21H26/c1-5-7-13-21(20(6-2)16-14-18(3)4)17-15-19-11-9-8-10-12-19/h8-12,16H,5-7,13H2,1-4H3/b21-20-. The van der Waals surface area contributed by atoms with E-state index >= 15 is 0 Å². The molecule has 110 valence electrons. The molecule has 0 saturated carbocycles. The van der Waals surface area contributed by atoms with Crippen LogP contribution in [0.5, 0.6) is 0 Å². The van der Waals surface area contributed by atoms with Crippen molar-refractivity contribution in [2.24, 2.45) is 0 Å². The molecule has 1 rings (SSSR count). The van der Waals surface area contributed by atoms with Crippen molar-refractivity contribution in [3.63, 3.8) is 0 Å². The SMILES string of the molecule is CCCC/C(C#Cc1ccccc1)=C(/C=C=C(C)C)CC. The van der Waals surface area contributed by atoms with Crippen molar-refractivity contribution in [2.75, 3.05) is 0 Å². The number of rotatable bonds is 5. The molecule has 0 fully saturated rings. The second-order valence-corrected chi connectivity index (χ2v) is 5.37. The average molecular weight is 278 g/mol. The van der Waals surface area contributed by atoms with Crippen molar-refractivity contribution < 1.29 is 0 Å². The van der Waals surface area contributed by atoms with Crippen molar-refractivity contribution in [3.8, 4) is 11.8 Å². The summed E-state index contributed by atoms with van der Waals surface area (Å²) in [6.07, 6.45) is 6.55. The van der Waals surface area contributed by atoms with Crippen LogP contribution in [0.1, 0.15) is 58.9 Å². The Morgan fingerprint density at radius 3 is 2.38 bits per heavy atom. The number of unbranched alkanes of at least 4 members (excludes halogenated alkanes) is 1. The van der Waals surface area contributed by atoms with Gasteiger partial charge in [0.15, 0.2) is 0 Å². The summed E-state index contributed by atoms with van der Waals surface area (Å²) in [6.45, 7) is 8.56. The van der Waals surface area contributed by atoms with Gasteiger partial charge in [0, 0.05) is 11.1 Å². The van der Waals surface area contributed by atoms with E-state index in [1.54, 1.807) is 0 Å². The molecule has 0 aromatic heterocycles. The third-order valence-electron chi connectivity index (χ3n) is 3.22. The van der Waals surface area contributed by atoms with Crippen LogP contribution >= 0.6 is 0 Å². The number of allylic oxidation sites excluding steroid dienone is 3. The molecule has 0 radical (unpaired) electrons. The van der Waals surface area contributed by atoms with Gasteiger partial charge in [-0.15, -0.1) is 5.73 Å². The van der Waals surface area contributed by atoms with Gasteiger partial charge in [-0.1, -0.05) is 50.3 Å². The molecule has 1 aromatic rings. The topological polar surface area (TPSA) is 0 Å². The minimum Gasteiger partial charge on any atom is -0.122 e. The summed E-state index contributed by atoms with van der Waals surface area (Å²) >= 11 is 0. The lowest BCUT2D eigenvalue weighted by Gasteiger charge is -2.04. The highest BCUT2D eigenvalue weighted by Gasteiger charge is 2.00. The maximum atomic E-state index is 3.39. The first-order valence-corrected chi connectivity index (χ1v) is 7.86. The van der Waals surface area contributed by atoms with Crippen molar-refractivity contribution in [2.45, 2.75) is 53.4 Å².